The second-order valence-electron chi connectivity index (χ2n) is 5.26. The lowest BCUT2D eigenvalue weighted by Crippen LogP contribution is -2.45. The van der Waals surface area contributed by atoms with E-state index in [1.807, 2.05) is 25.7 Å². The lowest BCUT2D eigenvalue weighted by molar-refractivity contribution is -0.139. The first-order chi connectivity index (χ1) is 8.80. The van der Waals surface area contributed by atoms with Crippen molar-refractivity contribution >= 4 is 17.7 Å². The Bertz CT molecular complexity index is 432. The Labute approximate surface area is 117 Å². The summed E-state index contributed by atoms with van der Waals surface area (Å²) in [5.74, 6) is -0.412. The molecule has 1 rings (SSSR count). The van der Waals surface area contributed by atoms with Gasteiger partial charge in [0, 0.05) is 22.7 Å². The maximum atomic E-state index is 13.4. The molecule has 1 N–H and O–H groups in total. The van der Waals surface area contributed by atoms with Crippen LogP contribution in [-0.2, 0) is 4.79 Å². The number of halogens is 1. The normalized spacial score (nSPS) is 11.8. The highest BCUT2D eigenvalue weighted by atomic mass is 32.2. The van der Waals surface area contributed by atoms with Crippen LogP contribution in [0.3, 0.4) is 0 Å². The number of carbonyl (C=O) groups is 1. The molecule has 0 aliphatic carbocycles. The third-order valence-electron chi connectivity index (χ3n) is 2.73. The van der Waals surface area contributed by atoms with Gasteiger partial charge in [-0.3, -0.25) is 9.69 Å². The maximum absolute atomic E-state index is 13.4. The van der Waals surface area contributed by atoms with Gasteiger partial charge in [0.15, 0.2) is 0 Å². The van der Waals surface area contributed by atoms with E-state index in [9.17, 15) is 9.18 Å². The van der Waals surface area contributed by atoms with Crippen LogP contribution in [0.25, 0.3) is 0 Å². The zero-order chi connectivity index (χ0) is 14.5. The van der Waals surface area contributed by atoms with Gasteiger partial charge in [0.1, 0.15) is 5.82 Å². The molecular formula is C14H20FNO2S. The van der Waals surface area contributed by atoms with Gasteiger partial charge in [-0.25, -0.2) is 4.39 Å². The van der Waals surface area contributed by atoms with E-state index < -0.39 is 5.97 Å². The van der Waals surface area contributed by atoms with Gasteiger partial charge in [-0.1, -0.05) is 12.1 Å². The molecule has 3 nitrogen and oxygen atoms in total. The van der Waals surface area contributed by atoms with Crippen LogP contribution in [0.1, 0.15) is 20.8 Å². The Morgan fingerprint density at radius 2 is 2.00 bits per heavy atom. The molecule has 0 spiro atoms. The predicted molar refractivity (Wildman–Crippen MR) is 76.1 cm³/mol. The fourth-order valence-corrected chi connectivity index (χ4v) is 2.55. The predicted octanol–water partition coefficient (Wildman–Crippen LogP) is 3.10. The second kappa shape index (κ2) is 6.91. The summed E-state index contributed by atoms with van der Waals surface area (Å²) in [5.41, 5.74) is -0.214. The third-order valence-corrected chi connectivity index (χ3v) is 3.76. The molecule has 5 heteroatoms. The van der Waals surface area contributed by atoms with E-state index in [2.05, 4.69) is 0 Å². The van der Waals surface area contributed by atoms with E-state index >= 15 is 0 Å². The van der Waals surface area contributed by atoms with Crippen molar-refractivity contribution < 1.29 is 14.3 Å². The summed E-state index contributed by atoms with van der Waals surface area (Å²) >= 11 is 1.41. The quantitative estimate of drug-likeness (QED) is 0.815. The number of aliphatic carboxylic acids is 1. The molecule has 0 fully saturated rings. The zero-order valence-electron chi connectivity index (χ0n) is 11.5. The van der Waals surface area contributed by atoms with E-state index in [1.165, 1.54) is 17.8 Å². The molecule has 0 radical (unpaired) electrons. The fraction of sp³-hybridized carbons (Fsp3) is 0.500. The van der Waals surface area contributed by atoms with Gasteiger partial charge < -0.3 is 5.11 Å². The molecular weight excluding hydrogens is 265 g/mol. The summed E-state index contributed by atoms with van der Waals surface area (Å²) in [4.78, 5) is 13.3. The first-order valence-electron chi connectivity index (χ1n) is 6.15. The summed E-state index contributed by atoms with van der Waals surface area (Å²) in [6.45, 7) is 6.53. The third kappa shape index (κ3) is 5.61. The van der Waals surface area contributed by atoms with Crippen molar-refractivity contribution in [2.45, 2.75) is 31.2 Å². The summed E-state index contributed by atoms with van der Waals surface area (Å²) < 4.78 is 13.4. The van der Waals surface area contributed by atoms with Gasteiger partial charge in [0.2, 0.25) is 0 Å². The summed E-state index contributed by atoms with van der Waals surface area (Å²) in [6.07, 6.45) is 0. The van der Waals surface area contributed by atoms with Crippen LogP contribution in [0.2, 0.25) is 0 Å². The molecule has 0 heterocycles. The van der Waals surface area contributed by atoms with Crippen LogP contribution in [0.5, 0.6) is 0 Å². The zero-order valence-corrected chi connectivity index (χ0v) is 12.3. The number of benzene rings is 1. The van der Waals surface area contributed by atoms with E-state index in [0.717, 1.165) is 0 Å². The largest absolute Gasteiger partial charge is 0.480 e. The number of hydrogen-bond donors (Lipinski definition) is 1. The molecule has 0 aliphatic rings. The number of rotatable bonds is 6. The van der Waals surface area contributed by atoms with Gasteiger partial charge >= 0.3 is 5.97 Å². The topological polar surface area (TPSA) is 40.5 Å². The van der Waals surface area contributed by atoms with E-state index in [-0.39, 0.29) is 17.9 Å². The molecule has 1 aromatic rings. The van der Waals surface area contributed by atoms with Crippen molar-refractivity contribution in [3.05, 3.63) is 30.1 Å². The van der Waals surface area contributed by atoms with E-state index in [0.29, 0.717) is 17.2 Å². The van der Waals surface area contributed by atoms with Crippen molar-refractivity contribution in [1.82, 2.24) is 4.90 Å². The van der Waals surface area contributed by atoms with Crippen molar-refractivity contribution in [2.75, 3.05) is 18.8 Å². The van der Waals surface area contributed by atoms with Crippen LogP contribution in [-0.4, -0.2) is 40.4 Å². The molecule has 19 heavy (non-hydrogen) atoms. The molecule has 0 unspecified atom stereocenters. The van der Waals surface area contributed by atoms with Crippen LogP contribution >= 0.6 is 11.8 Å². The minimum atomic E-state index is -0.842. The Morgan fingerprint density at radius 1 is 1.37 bits per heavy atom. The number of carboxylic acids is 1. The molecule has 0 aliphatic heterocycles. The van der Waals surface area contributed by atoms with Gasteiger partial charge in [-0.2, -0.15) is 0 Å². The number of thioether (sulfide) groups is 1. The van der Waals surface area contributed by atoms with Crippen LogP contribution in [0.4, 0.5) is 4.39 Å². The average molecular weight is 285 g/mol. The maximum Gasteiger partial charge on any atom is 0.317 e. The van der Waals surface area contributed by atoms with Crippen molar-refractivity contribution in [2.24, 2.45) is 0 Å². The van der Waals surface area contributed by atoms with Crippen LogP contribution in [0.15, 0.2) is 29.2 Å². The summed E-state index contributed by atoms with van der Waals surface area (Å²) in [5, 5.41) is 8.90. The molecule has 1 aromatic carbocycles. The van der Waals surface area contributed by atoms with Gasteiger partial charge in [-0.05, 0) is 32.9 Å². The number of carboxylic acid groups (broad SMARTS) is 1. The molecule has 0 saturated carbocycles. The minimum absolute atomic E-state index is 0.00132. The number of hydrogen-bond acceptors (Lipinski definition) is 3. The number of nitrogens with zero attached hydrogens (tertiary/aromatic N) is 1. The monoisotopic (exact) mass is 285 g/mol. The highest BCUT2D eigenvalue weighted by molar-refractivity contribution is 7.99. The fourth-order valence-electron chi connectivity index (χ4n) is 1.64. The highest BCUT2D eigenvalue weighted by Crippen LogP contribution is 2.22. The Balaban J connectivity index is 2.53. The molecule has 0 bridgehead atoms. The van der Waals surface area contributed by atoms with E-state index in [1.54, 1.807) is 18.2 Å². The van der Waals surface area contributed by atoms with Crippen molar-refractivity contribution in [1.29, 1.82) is 0 Å². The Hall–Kier alpha value is -1.07. The summed E-state index contributed by atoms with van der Waals surface area (Å²) in [6, 6.07) is 6.62. The molecule has 0 saturated heterocycles. The summed E-state index contributed by atoms with van der Waals surface area (Å²) in [7, 11) is 0. The SMILES string of the molecule is CC(C)(C)N(CCSc1ccccc1F)CC(=O)O. The lowest BCUT2D eigenvalue weighted by atomic mass is 10.1. The molecule has 106 valence electrons. The van der Waals surface area contributed by atoms with Gasteiger partial charge in [0.25, 0.3) is 0 Å². The molecule has 0 aromatic heterocycles. The molecule has 0 atom stereocenters. The molecule has 0 amide bonds. The average Bonchev–Trinajstić information content (AvgIpc) is 2.28. The van der Waals surface area contributed by atoms with Gasteiger partial charge in [-0.15, -0.1) is 11.8 Å². The standard InChI is InChI=1S/C14H20FNO2S/c1-14(2,3)16(10-13(17)18)8-9-19-12-7-5-4-6-11(12)15/h4-7H,8-10H2,1-3H3,(H,17,18). The minimum Gasteiger partial charge on any atom is -0.480 e. The van der Waals surface area contributed by atoms with Gasteiger partial charge in [0.05, 0.1) is 6.54 Å². The van der Waals surface area contributed by atoms with E-state index in [4.69, 9.17) is 5.11 Å². The smallest absolute Gasteiger partial charge is 0.317 e. The van der Waals surface area contributed by atoms with Crippen molar-refractivity contribution in [3.63, 3.8) is 0 Å². The lowest BCUT2D eigenvalue weighted by Gasteiger charge is -2.34. The first-order valence-corrected chi connectivity index (χ1v) is 7.13. The Kier molecular flexibility index (Phi) is 5.82. The first kappa shape index (κ1) is 16.0. The van der Waals surface area contributed by atoms with Crippen LogP contribution in [0, 0.1) is 5.82 Å². The van der Waals surface area contributed by atoms with Crippen LogP contribution < -0.4 is 0 Å². The van der Waals surface area contributed by atoms with Crippen molar-refractivity contribution in [3.8, 4) is 0 Å². The Morgan fingerprint density at radius 3 is 2.53 bits per heavy atom. The highest BCUT2D eigenvalue weighted by Gasteiger charge is 2.23. The second-order valence-corrected chi connectivity index (χ2v) is 6.40.